The first-order chi connectivity index (χ1) is 10.2. The molecule has 4 heteroatoms. The molecule has 1 aromatic carbocycles. The van der Waals surface area contributed by atoms with Crippen LogP contribution in [-0.2, 0) is 12.8 Å². The molecule has 3 aromatic rings. The Morgan fingerprint density at radius 2 is 2.14 bits per heavy atom. The van der Waals surface area contributed by atoms with E-state index >= 15 is 0 Å². The highest BCUT2D eigenvalue weighted by Crippen LogP contribution is 2.31. The summed E-state index contributed by atoms with van der Waals surface area (Å²) in [5.74, 6) is 0.000933. The van der Waals surface area contributed by atoms with Gasteiger partial charge in [-0.2, -0.15) is 0 Å². The van der Waals surface area contributed by atoms with Crippen LogP contribution in [0, 0.1) is 6.92 Å². The van der Waals surface area contributed by atoms with Crippen LogP contribution in [0.3, 0.4) is 0 Å². The number of aryl methyl sites for hydroxylation is 3. The molecule has 0 unspecified atom stereocenters. The number of carbonyl (C=O) groups excluding carboxylic acids is 1. The fourth-order valence-electron chi connectivity index (χ4n) is 2.99. The van der Waals surface area contributed by atoms with E-state index in [1.165, 1.54) is 16.9 Å². The van der Waals surface area contributed by atoms with Gasteiger partial charge in [0, 0.05) is 27.2 Å². The third kappa shape index (κ3) is 2.25. The standard InChI is InChI=1S/C17H16N2OS/c1-10-7-12-8-13(5-6-14(12)18-10)19-17(20)16-9-11-3-2-4-15(11)21-16/h5-9,18H,2-4H2,1H3,(H,19,20). The second-order valence-electron chi connectivity index (χ2n) is 5.62. The molecule has 0 bridgehead atoms. The van der Waals surface area contributed by atoms with E-state index in [0.717, 1.165) is 40.0 Å². The molecule has 1 amide bonds. The minimum atomic E-state index is 0.000933. The van der Waals surface area contributed by atoms with Gasteiger partial charge in [-0.15, -0.1) is 11.3 Å². The fourth-order valence-corrected chi connectivity index (χ4v) is 4.14. The van der Waals surface area contributed by atoms with Crippen molar-refractivity contribution in [1.82, 2.24) is 4.98 Å². The number of hydrogen-bond acceptors (Lipinski definition) is 2. The van der Waals surface area contributed by atoms with Crippen molar-refractivity contribution in [2.24, 2.45) is 0 Å². The number of fused-ring (bicyclic) bond motifs is 2. The number of hydrogen-bond donors (Lipinski definition) is 2. The summed E-state index contributed by atoms with van der Waals surface area (Å²) in [7, 11) is 0. The number of amides is 1. The van der Waals surface area contributed by atoms with Gasteiger partial charge in [0.15, 0.2) is 0 Å². The lowest BCUT2D eigenvalue weighted by atomic mass is 10.2. The number of thiophene rings is 1. The van der Waals surface area contributed by atoms with Crippen LogP contribution in [0.5, 0.6) is 0 Å². The maximum Gasteiger partial charge on any atom is 0.265 e. The Balaban J connectivity index is 1.59. The molecule has 1 aliphatic carbocycles. The number of benzene rings is 1. The Kier molecular flexibility index (Phi) is 2.86. The summed E-state index contributed by atoms with van der Waals surface area (Å²) in [6.45, 7) is 2.03. The molecule has 4 rings (SSSR count). The molecular weight excluding hydrogens is 280 g/mol. The minimum absolute atomic E-state index is 0.000933. The molecule has 21 heavy (non-hydrogen) atoms. The average molecular weight is 296 g/mol. The quantitative estimate of drug-likeness (QED) is 0.728. The monoisotopic (exact) mass is 296 g/mol. The van der Waals surface area contributed by atoms with Crippen molar-refractivity contribution >= 4 is 33.8 Å². The topological polar surface area (TPSA) is 44.9 Å². The molecule has 0 saturated carbocycles. The molecule has 0 saturated heterocycles. The smallest absolute Gasteiger partial charge is 0.265 e. The molecule has 2 N–H and O–H groups in total. The van der Waals surface area contributed by atoms with Crippen LogP contribution >= 0.6 is 11.3 Å². The lowest BCUT2D eigenvalue weighted by Crippen LogP contribution is -2.10. The van der Waals surface area contributed by atoms with Gasteiger partial charge in [-0.3, -0.25) is 4.79 Å². The van der Waals surface area contributed by atoms with Gasteiger partial charge < -0.3 is 10.3 Å². The second-order valence-corrected chi connectivity index (χ2v) is 6.76. The molecule has 1 aliphatic rings. The summed E-state index contributed by atoms with van der Waals surface area (Å²) in [6.07, 6.45) is 3.47. The number of aromatic amines is 1. The van der Waals surface area contributed by atoms with Crippen LogP contribution in [0.1, 0.15) is 32.2 Å². The zero-order valence-electron chi connectivity index (χ0n) is 11.8. The summed E-state index contributed by atoms with van der Waals surface area (Å²) in [4.78, 5) is 17.8. The predicted octanol–water partition coefficient (Wildman–Crippen LogP) is 4.28. The predicted molar refractivity (Wildman–Crippen MR) is 87.3 cm³/mol. The summed E-state index contributed by atoms with van der Waals surface area (Å²) >= 11 is 1.64. The normalized spacial score (nSPS) is 13.6. The molecule has 2 heterocycles. The molecule has 2 aromatic heterocycles. The summed E-state index contributed by atoms with van der Waals surface area (Å²) in [6, 6.07) is 10.1. The number of H-pyrrole nitrogens is 1. The van der Waals surface area contributed by atoms with E-state index < -0.39 is 0 Å². The number of aromatic nitrogens is 1. The van der Waals surface area contributed by atoms with Crippen molar-refractivity contribution in [1.29, 1.82) is 0 Å². The zero-order chi connectivity index (χ0) is 14.4. The van der Waals surface area contributed by atoms with Crippen LogP contribution in [0.25, 0.3) is 10.9 Å². The number of nitrogens with one attached hydrogen (secondary N) is 2. The molecule has 0 fully saturated rings. The summed E-state index contributed by atoms with van der Waals surface area (Å²) < 4.78 is 0. The van der Waals surface area contributed by atoms with Crippen molar-refractivity contribution in [2.45, 2.75) is 26.2 Å². The summed E-state index contributed by atoms with van der Waals surface area (Å²) in [5, 5.41) is 4.13. The van der Waals surface area contributed by atoms with Crippen molar-refractivity contribution in [3.05, 3.63) is 51.3 Å². The molecule has 0 radical (unpaired) electrons. The van der Waals surface area contributed by atoms with Crippen LogP contribution in [-0.4, -0.2) is 10.9 Å². The largest absolute Gasteiger partial charge is 0.359 e. The van der Waals surface area contributed by atoms with E-state index in [1.807, 2.05) is 25.1 Å². The minimum Gasteiger partial charge on any atom is -0.359 e. The Morgan fingerprint density at radius 3 is 3.00 bits per heavy atom. The van der Waals surface area contributed by atoms with Gasteiger partial charge in [0.1, 0.15) is 0 Å². The van der Waals surface area contributed by atoms with Gasteiger partial charge in [-0.05, 0) is 62.1 Å². The molecule has 106 valence electrons. The van der Waals surface area contributed by atoms with Gasteiger partial charge in [-0.25, -0.2) is 0 Å². The van der Waals surface area contributed by atoms with Crippen molar-refractivity contribution in [2.75, 3.05) is 5.32 Å². The Morgan fingerprint density at radius 1 is 1.24 bits per heavy atom. The van der Waals surface area contributed by atoms with E-state index in [1.54, 1.807) is 11.3 Å². The van der Waals surface area contributed by atoms with Crippen molar-refractivity contribution in [3.63, 3.8) is 0 Å². The maximum absolute atomic E-state index is 12.4. The fraction of sp³-hybridized carbons (Fsp3) is 0.235. The average Bonchev–Trinajstić information content (AvgIpc) is 3.09. The highest BCUT2D eigenvalue weighted by atomic mass is 32.1. The molecule has 0 aliphatic heterocycles. The number of carbonyl (C=O) groups is 1. The van der Waals surface area contributed by atoms with Crippen LogP contribution in [0.15, 0.2) is 30.3 Å². The van der Waals surface area contributed by atoms with Gasteiger partial charge in [0.05, 0.1) is 4.88 Å². The number of rotatable bonds is 2. The van der Waals surface area contributed by atoms with Crippen LogP contribution in [0.4, 0.5) is 5.69 Å². The Labute approximate surface area is 127 Å². The van der Waals surface area contributed by atoms with Gasteiger partial charge >= 0.3 is 0 Å². The van der Waals surface area contributed by atoms with E-state index in [0.29, 0.717) is 0 Å². The Hall–Kier alpha value is -2.07. The van der Waals surface area contributed by atoms with E-state index in [2.05, 4.69) is 22.4 Å². The highest BCUT2D eigenvalue weighted by Gasteiger charge is 2.18. The molecule has 3 nitrogen and oxygen atoms in total. The Bertz CT molecular complexity index is 822. The van der Waals surface area contributed by atoms with E-state index in [9.17, 15) is 4.79 Å². The molecular formula is C17H16N2OS. The third-order valence-electron chi connectivity index (χ3n) is 3.98. The SMILES string of the molecule is Cc1cc2cc(NC(=O)c3cc4c(s3)CCC4)ccc2[nH]1. The van der Waals surface area contributed by atoms with E-state index in [-0.39, 0.29) is 5.91 Å². The van der Waals surface area contributed by atoms with Crippen molar-refractivity contribution < 1.29 is 4.79 Å². The third-order valence-corrected chi connectivity index (χ3v) is 5.22. The first-order valence-electron chi connectivity index (χ1n) is 7.21. The van der Waals surface area contributed by atoms with Gasteiger partial charge in [0.25, 0.3) is 5.91 Å². The lowest BCUT2D eigenvalue weighted by molar-refractivity contribution is 0.103. The number of anilines is 1. The summed E-state index contributed by atoms with van der Waals surface area (Å²) in [5.41, 5.74) is 4.44. The molecule has 0 atom stereocenters. The molecule has 0 spiro atoms. The second kappa shape index (κ2) is 4.74. The van der Waals surface area contributed by atoms with Crippen LogP contribution < -0.4 is 5.32 Å². The highest BCUT2D eigenvalue weighted by molar-refractivity contribution is 7.14. The van der Waals surface area contributed by atoms with Gasteiger partial charge in [0.2, 0.25) is 0 Å². The maximum atomic E-state index is 12.4. The van der Waals surface area contributed by atoms with Crippen LogP contribution in [0.2, 0.25) is 0 Å². The first-order valence-corrected chi connectivity index (χ1v) is 8.03. The first kappa shape index (κ1) is 12.7. The van der Waals surface area contributed by atoms with Gasteiger partial charge in [-0.1, -0.05) is 0 Å². The van der Waals surface area contributed by atoms with E-state index in [4.69, 9.17) is 0 Å². The zero-order valence-corrected chi connectivity index (χ0v) is 12.6. The van der Waals surface area contributed by atoms with Crippen molar-refractivity contribution in [3.8, 4) is 0 Å². The lowest BCUT2D eigenvalue weighted by Gasteiger charge is -2.03.